The van der Waals surface area contributed by atoms with Crippen molar-refractivity contribution in [3.05, 3.63) is 53.6 Å². The summed E-state index contributed by atoms with van der Waals surface area (Å²) in [5.74, 6) is -0.474. The standard InChI is InChI=1S/C17H16N2O3/c1-10-7-8-12(9-11(10)2)18-16(20)15-17(21)19-13-5-3-4-6-14(13)22-15/h3-9,15H,1-2H3,(H,18,20)(H,19,21). The van der Waals surface area contributed by atoms with E-state index in [1.807, 2.05) is 26.0 Å². The Morgan fingerprint density at radius 3 is 2.68 bits per heavy atom. The number of aryl methyl sites for hydroxylation is 2. The second kappa shape index (κ2) is 5.52. The van der Waals surface area contributed by atoms with E-state index in [1.165, 1.54) is 0 Å². The topological polar surface area (TPSA) is 67.4 Å². The molecule has 1 aliphatic heterocycles. The van der Waals surface area contributed by atoms with E-state index in [0.29, 0.717) is 17.1 Å². The molecule has 2 aromatic carbocycles. The molecule has 5 heteroatoms. The van der Waals surface area contributed by atoms with Gasteiger partial charge in [0.15, 0.2) is 0 Å². The highest BCUT2D eigenvalue weighted by Gasteiger charge is 2.33. The van der Waals surface area contributed by atoms with E-state index in [2.05, 4.69) is 10.6 Å². The SMILES string of the molecule is Cc1ccc(NC(=O)C2Oc3ccccc3NC2=O)cc1C. The summed E-state index contributed by atoms with van der Waals surface area (Å²) in [7, 11) is 0. The van der Waals surface area contributed by atoms with Gasteiger partial charge in [-0.05, 0) is 49.2 Å². The number of carbonyl (C=O) groups is 2. The van der Waals surface area contributed by atoms with Crippen LogP contribution in [0.3, 0.4) is 0 Å². The molecule has 5 nitrogen and oxygen atoms in total. The van der Waals surface area contributed by atoms with Crippen LogP contribution in [0.5, 0.6) is 5.75 Å². The van der Waals surface area contributed by atoms with Crippen LogP contribution in [0.2, 0.25) is 0 Å². The lowest BCUT2D eigenvalue weighted by molar-refractivity contribution is -0.133. The molecule has 0 aromatic heterocycles. The molecule has 0 aliphatic carbocycles. The highest BCUT2D eigenvalue weighted by molar-refractivity contribution is 6.15. The van der Waals surface area contributed by atoms with Crippen LogP contribution in [-0.4, -0.2) is 17.9 Å². The smallest absolute Gasteiger partial charge is 0.275 e. The van der Waals surface area contributed by atoms with Gasteiger partial charge in [-0.3, -0.25) is 9.59 Å². The lowest BCUT2D eigenvalue weighted by Crippen LogP contribution is -2.45. The largest absolute Gasteiger partial charge is 0.468 e. The van der Waals surface area contributed by atoms with Crippen molar-refractivity contribution in [2.24, 2.45) is 0 Å². The number of rotatable bonds is 2. The highest BCUT2D eigenvalue weighted by atomic mass is 16.5. The molecule has 1 heterocycles. The lowest BCUT2D eigenvalue weighted by atomic mass is 10.1. The Kier molecular flexibility index (Phi) is 3.55. The van der Waals surface area contributed by atoms with Crippen LogP contribution in [-0.2, 0) is 9.59 Å². The number of nitrogens with one attached hydrogen (secondary N) is 2. The van der Waals surface area contributed by atoms with Gasteiger partial charge in [-0.2, -0.15) is 0 Å². The molecule has 2 amide bonds. The molecule has 0 radical (unpaired) electrons. The van der Waals surface area contributed by atoms with Crippen LogP contribution >= 0.6 is 0 Å². The average Bonchev–Trinajstić information content (AvgIpc) is 2.50. The number of fused-ring (bicyclic) bond motifs is 1. The summed E-state index contributed by atoms with van der Waals surface area (Å²) >= 11 is 0. The summed E-state index contributed by atoms with van der Waals surface area (Å²) in [5, 5.41) is 5.39. The van der Waals surface area contributed by atoms with Crippen LogP contribution in [0.25, 0.3) is 0 Å². The molecule has 0 fully saturated rings. The van der Waals surface area contributed by atoms with E-state index < -0.39 is 17.9 Å². The van der Waals surface area contributed by atoms with Gasteiger partial charge in [0.1, 0.15) is 5.75 Å². The van der Waals surface area contributed by atoms with Gasteiger partial charge in [-0.15, -0.1) is 0 Å². The van der Waals surface area contributed by atoms with E-state index in [4.69, 9.17) is 4.74 Å². The maximum Gasteiger partial charge on any atom is 0.275 e. The average molecular weight is 296 g/mol. The van der Waals surface area contributed by atoms with Crippen LogP contribution in [0, 0.1) is 13.8 Å². The Labute approximate surface area is 128 Å². The molecule has 2 aromatic rings. The summed E-state index contributed by atoms with van der Waals surface area (Å²) in [4.78, 5) is 24.3. The van der Waals surface area contributed by atoms with Gasteiger partial charge in [0, 0.05) is 5.69 Å². The number of ether oxygens (including phenoxy) is 1. The molecule has 1 unspecified atom stereocenters. The van der Waals surface area contributed by atoms with Crippen molar-refractivity contribution in [1.82, 2.24) is 0 Å². The zero-order chi connectivity index (χ0) is 15.7. The molecule has 2 N–H and O–H groups in total. The first kappa shape index (κ1) is 14.1. The molecule has 1 atom stereocenters. The van der Waals surface area contributed by atoms with Crippen molar-refractivity contribution in [2.75, 3.05) is 10.6 Å². The molecule has 112 valence electrons. The maximum atomic E-state index is 12.3. The predicted octanol–water partition coefficient (Wildman–Crippen LogP) is 2.64. The number of hydrogen-bond acceptors (Lipinski definition) is 3. The van der Waals surface area contributed by atoms with Gasteiger partial charge in [0.25, 0.3) is 17.9 Å². The van der Waals surface area contributed by atoms with Gasteiger partial charge >= 0.3 is 0 Å². The number of para-hydroxylation sites is 2. The van der Waals surface area contributed by atoms with Crippen LogP contribution < -0.4 is 15.4 Å². The summed E-state index contributed by atoms with van der Waals surface area (Å²) in [6.45, 7) is 3.96. The molecular weight excluding hydrogens is 280 g/mol. The molecule has 0 saturated carbocycles. The van der Waals surface area contributed by atoms with Gasteiger partial charge in [0.05, 0.1) is 5.69 Å². The Morgan fingerprint density at radius 2 is 1.91 bits per heavy atom. The quantitative estimate of drug-likeness (QED) is 0.837. The molecule has 0 bridgehead atoms. The van der Waals surface area contributed by atoms with Crippen molar-refractivity contribution in [3.63, 3.8) is 0 Å². The normalized spacial score (nSPS) is 16.3. The van der Waals surface area contributed by atoms with Crippen LogP contribution in [0.4, 0.5) is 11.4 Å². The first-order chi connectivity index (χ1) is 10.5. The van der Waals surface area contributed by atoms with Crippen LogP contribution in [0.1, 0.15) is 11.1 Å². The number of hydrogen-bond donors (Lipinski definition) is 2. The fraction of sp³-hybridized carbons (Fsp3) is 0.176. The fourth-order valence-electron chi connectivity index (χ4n) is 2.25. The second-order valence-electron chi connectivity index (χ2n) is 5.27. The summed E-state index contributed by atoms with van der Waals surface area (Å²) in [6, 6.07) is 12.6. The van der Waals surface area contributed by atoms with Crippen molar-refractivity contribution in [1.29, 1.82) is 0 Å². The van der Waals surface area contributed by atoms with Gasteiger partial charge in [-0.1, -0.05) is 18.2 Å². The minimum Gasteiger partial charge on any atom is -0.468 e. The number of benzene rings is 2. The van der Waals surface area contributed by atoms with Gasteiger partial charge in [-0.25, -0.2) is 0 Å². The van der Waals surface area contributed by atoms with Crippen molar-refractivity contribution in [2.45, 2.75) is 20.0 Å². The van der Waals surface area contributed by atoms with Crippen molar-refractivity contribution < 1.29 is 14.3 Å². The Balaban J connectivity index is 1.78. The van der Waals surface area contributed by atoms with Crippen molar-refractivity contribution in [3.8, 4) is 5.75 Å². The molecule has 0 saturated heterocycles. The summed E-state index contributed by atoms with van der Waals surface area (Å²) < 4.78 is 5.51. The predicted molar refractivity (Wildman–Crippen MR) is 84.0 cm³/mol. The van der Waals surface area contributed by atoms with E-state index in [9.17, 15) is 9.59 Å². The molecule has 3 rings (SSSR count). The number of carbonyl (C=O) groups excluding carboxylic acids is 2. The first-order valence-electron chi connectivity index (χ1n) is 6.99. The molecule has 0 spiro atoms. The fourth-order valence-corrected chi connectivity index (χ4v) is 2.25. The minimum atomic E-state index is -1.20. The van der Waals surface area contributed by atoms with Crippen LogP contribution in [0.15, 0.2) is 42.5 Å². The monoisotopic (exact) mass is 296 g/mol. The molecular formula is C17H16N2O3. The lowest BCUT2D eigenvalue weighted by Gasteiger charge is -2.24. The van der Waals surface area contributed by atoms with E-state index in [1.54, 1.807) is 30.3 Å². The van der Waals surface area contributed by atoms with E-state index in [0.717, 1.165) is 11.1 Å². The van der Waals surface area contributed by atoms with Gasteiger partial charge in [0.2, 0.25) is 0 Å². The summed E-state index contributed by atoms with van der Waals surface area (Å²) in [5.41, 5.74) is 3.42. The van der Waals surface area contributed by atoms with E-state index in [-0.39, 0.29) is 0 Å². The van der Waals surface area contributed by atoms with Crippen molar-refractivity contribution >= 4 is 23.2 Å². The third-order valence-corrected chi connectivity index (χ3v) is 3.64. The Morgan fingerprint density at radius 1 is 1.14 bits per heavy atom. The third-order valence-electron chi connectivity index (χ3n) is 3.64. The van der Waals surface area contributed by atoms with E-state index >= 15 is 0 Å². The molecule has 22 heavy (non-hydrogen) atoms. The summed E-state index contributed by atoms with van der Waals surface area (Å²) in [6.07, 6.45) is -1.20. The molecule has 1 aliphatic rings. The Hall–Kier alpha value is -2.82. The maximum absolute atomic E-state index is 12.3. The third kappa shape index (κ3) is 2.65. The zero-order valence-corrected chi connectivity index (χ0v) is 12.3. The Bertz CT molecular complexity index is 755. The second-order valence-corrected chi connectivity index (χ2v) is 5.27. The highest BCUT2D eigenvalue weighted by Crippen LogP contribution is 2.29. The number of anilines is 2. The minimum absolute atomic E-state index is 0.472. The van der Waals surface area contributed by atoms with Gasteiger partial charge < -0.3 is 15.4 Å². The number of amides is 2. The zero-order valence-electron chi connectivity index (χ0n) is 12.3. The first-order valence-corrected chi connectivity index (χ1v) is 6.99.